The van der Waals surface area contributed by atoms with Gasteiger partial charge in [-0.2, -0.15) is 5.48 Å². The normalized spacial score (nSPS) is 9.80. The van der Waals surface area contributed by atoms with Crippen molar-refractivity contribution in [3.05, 3.63) is 23.8 Å². The molecule has 0 amide bonds. The highest BCUT2D eigenvalue weighted by atomic mass is 16.5. The van der Waals surface area contributed by atoms with Gasteiger partial charge >= 0.3 is 0 Å². The van der Waals surface area contributed by atoms with Gasteiger partial charge in [0.1, 0.15) is 0 Å². The molecule has 10 heavy (non-hydrogen) atoms. The van der Waals surface area contributed by atoms with E-state index < -0.39 is 0 Å². The number of nitrogens with one attached hydrogen (secondary N) is 1. The first kappa shape index (κ1) is 7.11. The molecular formula is C6H9N3O. The fourth-order valence-corrected chi connectivity index (χ4v) is 0.685. The van der Waals surface area contributed by atoms with E-state index >= 15 is 0 Å². The van der Waals surface area contributed by atoms with Crippen molar-refractivity contribution < 1.29 is 5.21 Å². The Labute approximate surface area is 58.9 Å². The lowest BCUT2D eigenvalue weighted by molar-refractivity contribution is 0.159. The quantitative estimate of drug-likeness (QED) is 0.577. The van der Waals surface area contributed by atoms with Gasteiger partial charge in [-0.25, -0.2) is 0 Å². The Hall–Kier alpha value is -1.00. The maximum Gasteiger partial charge on any atom is 0.0777 e. The molecule has 0 atom stereocenters. The fourth-order valence-electron chi connectivity index (χ4n) is 0.685. The van der Waals surface area contributed by atoms with Crippen molar-refractivity contribution in [2.45, 2.75) is 13.5 Å². The lowest BCUT2D eigenvalue weighted by atomic mass is 10.3. The Bertz CT molecular complexity index is 214. The van der Waals surface area contributed by atoms with Crippen LogP contribution in [-0.2, 0) is 6.54 Å². The fraction of sp³-hybridized carbons (Fsp3) is 0.333. The van der Waals surface area contributed by atoms with Crippen molar-refractivity contribution in [2.75, 3.05) is 0 Å². The van der Waals surface area contributed by atoms with E-state index in [1.165, 1.54) is 0 Å². The third kappa shape index (κ3) is 1.49. The predicted molar refractivity (Wildman–Crippen MR) is 35.4 cm³/mol. The smallest absolute Gasteiger partial charge is 0.0777 e. The lowest BCUT2D eigenvalue weighted by Gasteiger charge is -1.99. The highest BCUT2D eigenvalue weighted by molar-refractivity contribution is 5.07. The summed E-state index contributed by atoms with van der Waals surface area (Å²) in [4.78, 5) is 7.97. The molecule has 0 saturated heterocycles. The summed E-state index contributed by atoms with van der Waals surface area (Å²) < 4.78 is 0. The van der Waals surface area contributed by atoms with E-state index in [2.05, 4.69) is 9.97 Å². The van der Waals surface area contributed by atoms with Crippen molar-refractivity contribution in [3.63, 3.8) is 0 Å². The van der Waals surface area contributed by atoms with Gasteiger partial charge in [0.2, 0.25) is 0 Å². The molecule has 0 bridgehead atoms. The van der Waals surface area contributed by atoms with Crippen LogP contribution in [0.3, 0.4) is 0 Å². The van der Waals surface area contributed by atoms with Crippen LogP contribution in [0.5, 0.6) is 0 Å². The van der Waals surface area contributed by atoms with Crippen molar-refractivity contribution in [1.29, 1.82) is 0 Å². The molecule has 1 heterocycles. The maximum atomic E-state index is 8.33. The van der Waals surface area contributed by atoms with E-state index in [9.17, 15) is 0 Å². The molecule has 1 rings (SSSR count). The third-order valence-corrected chi connectivity index (χ3v) is 1.23. The monoisotopic (exact) mass is 139 g/mol. The first-order chi connectivity index (χ1) is 4.84. The van der Waals surface area contributed by atoms with Crippen LogP contribution in [0.4, 0.5) is 0 Å². The number of hydrogen-bond donors (Lipinski definition) is 2. The van der Waals surface area contributed by atoms with Crippen LogP contribution in [0.1, 0.15) is 11.4 Å². The highest BCUT2D eigenvalue weighted by Gasteiger charge is 1.96. The summed E-state index contributed by atoms with van der Waals surface area (Å²) in [5, 5.41) is 8.33. The van der Waals surface area contributed by atoms with Crippen LogP contribution in [0.2, 0.25) is 0 Å². The van der Waals surface area contributed by atoms with Crippen molar-refractivity contribution in [2.24, 2.45) is 0 Å². The Morgan fingerprint density at radius 3 is 2.80 bits per heavy atom. The van der Waals surface area contributed by atoms with Crippen LogP contribution in [0.15, 0.2) is 12.4 Å². The molecule has 0 fully saturated rings. The second-order valence-corrected chi connectivity index (χ2v) is 1.92. The molecule has 0 spiro atoms. The Morgan fingerprint density at radius 1 is 1.50 bits per heavy atom. The molecule has 0 saturated carbocycles. The second kappa shape index (κ2) is 3.24. The molecule has 4 nitrogen and oxygen atoms in total. The van der Waals surface area contributed by atoms with E-state index in [-0.39, 0.29) is 0 Å². The summed E-state index contributed by atoms with van der Waals surface area (Å²) in [5.74, 6) is 0. The third-order valence-electron chi connectivity index (χ3n) is 1.23. The molecular weight excluding hydrogens is 130 g/mol. The average Bonchev–Trinajstić information content (AvgIpc) is 1.94. The average molecular weight is 139 g/mol. The van der Waals surface area contributed by atoms with Gasteiger partial charge in [0.05, 0.1) is 17.9 Å². The van der Waals surface area contributed by atoms with Gasteiger partial charge in [-0.05, 0) is 6.92 Å². The van der Waals surface area contributed by atoms with Gasteiger partial charge in [0, 0.05) is 12.4 Å². The van der Waals surface area contributed by atoms with Crippen LogP contribution < -0.4 is 5.48 Å². The number of aromatic nitrogens is 2. The molecule has 4 heteroatoms. The summed E-state index contributed by atoms with van der Waals surface area (Å²) in [6.07, 6.45) is 3.22. The van der Waals surface area contributed by atoms with E-state index in [4.69, 9.17) is 5.21 Å². The minimum Gasteiger partial charge on any atom is -0.316 e. The van der Waals surface area contributed by atoms with E-state index in [1.807, 2.05) is 12.4 Å². The van der Waals surface area contributed by atoms with Crippen LogP contribution in [0.25, 0.3) is 0 Å². The summed E-state index contributed by atoms with van der Waals surface area (Å²) in [5.41, 5.74) is 3.63. The minimum atomic E-state index is 0.347. The molecule has 0 aliphatic rings. The highest BCUT2D eigenvalue weighted by Crippen LogP contribution is 1.96. The number of rotatable bonds is 2. The number of hydrogen-bond acceptors (Lipinski definition) is 4. The zero-order valence-electron chi connectivity index (χ0n) is 5.70. The van der Waals surface area contributed by atoms with Crippen molar-refractivity contribution in [3.8, 4) is 0 Å². The van der Waals surface area contributed by atoms with Gasteiger partial charge < -0.3 is 5.21 Å². The number of nitrogens with zero attached hydrogens (tertiary/aromatic N) is 2. The molecule has 0 unspecified atom stereocenters. The van der Waals surface area contributed by atoms with E-state index in [1.54, 1.807) is 12.4 Å². The Kier molecular flexibility index (Phi) is 2.30. The van der Waals surface area contributed by atoms with Crippen molar-refractivity contribution in [1.82, 2.24) is 15.4 Å². The van der Waals surface area contributed by atoms with Gasteiger partial charge in [-0.3, -0.25) is 9.97 Å². The van der Waals surface area contributed by atoms with Gasteiger partial charge in [-0.1, -0.05) is 0 Å². The molecule has 1 aromatic heterocycles. The summed E-state index contributed by atoms with van der Waals surface area (Å²) in [6.45, 7) is 2.19. The SMILES string of the molecule is Cc1nccnc1CNO. The molecule has 0 aromatic carbocycles. The predicted octanol–water partition coefficient (Wildman–Crippen LogP) is 0.264. The van der Waals surface area contributed by atoms with Gasteiger partial charge in [0.25, 0.3) is 0 Å². The molecule has 2 N–H and O–H groups in total. The summed E-state index contributed by atoms with van der Waals surface area (Å²) >= 11 is 0. The molecule has 0 aliphatic carbocycles. The maximum absolute atomic E-state index is 8.33. The first-order valence-corrected chi connectivity index (χ1v) is 2.98. The minimum absolute atomic E-state index is 0.347. The van der Waals surface area contributed by atoms with Crippen molar-refractivity contribution >= 4 is 0 Å². The topological polar surface area (TPSA) is 58.0 Å². The number of aryl methyl sites for hydroxylation is 1. The molecule has 54 valence electrons. The van der Waals surface area contributed by atoms with Gasteiger partial charge in [-0.15, -0.1) is 0 Å². The second-order valence-electron chi connectivity index (χ2n) is 1.92. The molecule has 0 radical (unpaired) electrons. The Balaban J connectivity index is 2.81. The summed E-state index contributed by atoms with van der Waals surface area (Å²) in [7, 11) is 0. The van der Waals surface area contributed by atoms with Crippen LogP contribution >= 0.6 is 0 Å². The van der Waals surface area contributed by atoms with Gasteiger partial charge in [0.15, 0.2) is 0 Å². The molecule has 1 aromatic rings. The standard InChI is InChI=1S/C6H9N3O/c1-5-6(4-9-10)8-3-2-7-5/h2-3,9-10H,4H2,1H3. The van der Waals surface area contributed by atoms with E-state index in [0.29, 0.717) is 6.54 Å². The molecule has 0 aliphatic heterocycles. The van der Waals surface area contributed by atoms with Crippen LogP contribution in [-0.4, -0.2) is 15.2 Å². The zero-order chi connectivity index (χ0) is 7.40. The summed E-state index contributed by atoms with van der Waals surface area (Å²) in [6, 6.07) is 0. The van der Waals surface area contributed by atoms with Crippen LogP contribution in [0, 0.1) is 6.92 Å². The first-order valence-electron chi connectivity index (χ1n) is 2.98. The largest absolute Gasteiger partial charge is 0.316 e. The number of hydroxylamine groups is 1. The Morgan fingerprint density at radius 2 is 2.20 bits per heavy atom. The zero-order valence-corrected chi connectivity index (χ0v) is 5.70. The van der Waals surface area contributed by atoms with E-state index in [0.717, 1.165) is 11.4 Å². The lowest BCUT2D eigenvalue weighted by Crippen LogP contribution is -2.09.